The van der Waals surface area contributed by atoms with E-state index in [0.717, 1.165) is 12.8 Å². The Morgan fingerprint density at radius 3 is 1.00 bits per heavy atom. The van der Waals surface area contributed by atoms with E-state index in [4.69, 9.17) is 0 Å². The minimum absolute atomic E-state index is 0. The summed E-state index contributed by atoms with van der Waals surface area (Å²) in [5, 5.41) is 0. The van der Waals surface area contributed by atoms with E-state index in [0.29, 0.717) is 6.42 Å². The molecular formula is C23H47NaO4S. The zero-order valence-electron chi connectivity index (χ0n) is 19.6. The van der Waals surface area contributed by atoms with Crippen molar-refractivity contribution in [3.8, 4) is 0 Å². The Kier molecular flexibility index (Phi) is 27.8. The second-order valence-corrected chi connectivity index (χ2v) is 9.35. The summed E-state index contributed by atoms with van der Waals surface area (Å²) < 4.78 is 35.0. The Labute approximate surface area is 204 Å². The fraction of sp³-hybridized carbons (Fsp3) is 1.00. The third-order valence-corrected chi connectivity index (χ3v) is 5.93. The SMILES string of the molecule is CCCCCCCCCCCCCCCCCCCCCCCOS(=O)(=O)[O-].[Na+]. The summed E-state index contributed by atoms with van der Waals surface area (Å²) in [4.78, 5) is 0. The molecule has 0 aromatic heterocycles. The predicted octanol–water partition coefficient (Wildman–Crippen LogP) is 4.68. The van der Waals surface area contributed by atoms with Crippen LogP contribution in [0.1, 0.15) is 142 Å². The molecule has 0 rings (SSSR count). The van der Waals surface area contributed by atoms with E-state index in [1.807, 2.05) is 0 Å². The third kappa shape index (κ3) is 31.1. The van der Waals surface area contributed by atoms with Crippen molar-refractivity contribution < 1.29 is 46.7 Å². The molecule has 170 valence electrons. The van der Waals surface area contributed by atoms with Crippen molar-refractivity contribution in [1.29, 1.82) is 0 Å². The van der Waals surface area contributed by atoms with Crippen LogP contribution in [0.3, 0.4) is 0 Å². The first-order chi connectivity index (χ1) is 13.6. The molecule has 0 aromatic carbocycles. The molecule has 0 radical (unpaired) electrons. The third-order valence-electron chi connectivity index (χ3n) is 5.48. The van der Waals surface area contributed by atoms with Gasteiger partial charge in [0.25, 0.3) is 0 Å². The first-order valence-corrected chi connectivity index (χ1v) is 13.5. The monoisotopic (exact) mass is 442 g/mol. The van der Waals surface area contributed by atoms with Crippen molar-refractivity contribution in [2.24, 2.45) is 0 Å². The molecule has 0 amide bonds. The van der Waals surface area contributed by atoms with Crippen LogP contribution in [0.15, 0.2) is 0 Å². The number of rotatable bonds is 23. The summed E-state index contributed by atoms with van der Waals surface area (Å²) in [6.07, 6.45) is 27.6. The van der Waals surface area contributed by atoms with Crippen molar-refractivity contribution in [2.75, 3.05) is 6.61 Å². The molecule has 6 heteroatoms. The van der Waals surface area contributed by atoms with Crippen LogP contribution >= 0.6 is 0 Å². The van der Waals surface area contributed by atoms with Crippen LogP contribution in [0.5, 0.6) is 0 Å². The predicted molar refractivity (Wildman–Crippen MR) is 118 cm³/mol. The van der Waals surface area contributed by atoms with Crippen molar-refractivity contribution in [1.82, 2.24) is 0 Å². The van der Waals surface area contributed by atoms with Crippen molar-refractivity contribution >= 4 is 10.4 Å². The van der Waals surface area contributed by atoms with Gasteiger partial charge < -0.3 is 4.55 Å². The molecule has 0 atom stereocenters. The summed E-state index contributed by atoms with van der Waals surface area (Å²) in [6, 6.07) is 0. The molecule has 0 spiro atoms. The summed E-state index contributed by atoms with van der Waals surface area (Å²) >= 11 is 0. The van der Waals surface area contributed by atoms with Gasteiger partial charge in [0.15, 0.2) is 0 Å². The Morgan fingerprint density at radius 2 is 0.759 bits per heavy atom. The molecule has 4 nitrogen and oxygen atoms in total. The van der Waals surface area contributed by atoms with Gasteiger partial charge in [0, 0.05) is 0 Å². The van der Waals surface area contributed by atoms with Gasteiger partial charge in [-0.25, -0.2) is 8.42 Å². The van der Waals surface area contributed by atoms with Gasteiger partial charge >= 0.3 is 29.6 Å². The molecule has 0 aliphatic heterocycles. The molecular weight excluding hydrogens is 395 g/mol. The minimum atomic E-state index is -4.50. The molecule has 0 aliphatic carbocycles. The van der Waals surface area contributed by atoms with Crippen LogP contribution in [-0.2, 0) is 14.6 Å². The maximum absolute atomic E-state index is 10.3. The van der Waals surface area contributed by atoms with E-state index in [9.17, 15) is 13.0 Å². The zero-order chi connectivity index (χ0) is 20.8. The first-order valence-electron chi connectivity index (χ1n) is 12.2. The van der Waals surface area contributed by atoms with Crippen LogP contribution in [0.2, 0.25) is 0 Å². The van der Waals surface area contributed by atoms with Gasteiger partial charge in [-0.1, -0.05) is 135 Å². The fourth-order valence-corrected chi connectivity index (χ4v) is 4.02. The van der Waals surface area contributed by atoms with E-state index >= 15 is 0 Å². The van der Waals surface area contributed by atoms with E-state index < -0.39 is 10.4 Å². The van der Waals surface area contributed by atoms with Crippen LogP contribution in [-0.4, -0.2) is 19.6 Å². The maximum Gasteiger partial charge on any atom is 1.00 e. The Balaban J connectivity index is 0. The van der Waals surface area contributed by atoms with Crippen molar-refractivity contribution in [3.05, 3.63) is 0 Å². The van der Waals surface area contributed by atoms with Gasteiger partial charge in [0.05, 0.1) is 6.61 Å². The van der Waals surface area contributed by atoms with Crippen LogP contribution in [0, 0.1) is 0 Å². The normalized spacial score (nSPS) is 11.5. The van der Waals surface area contributed by atoms with E-state index in [1.165, 1.54) is 116 Å². The Bertz CT molecular complexity index is 402. The minimum Gasteiger partial charge on any atom is -0.726 e. The van der Waals surface area contributed by atoms with Gasteiger partial charge in [-0.2, -0.15) is 0 Å². The van der Waals surface area contributed by atoms with Gasteiger partial charge in [0.1, 0.15) is 0 Å². The Morgan fingerprint density at radius 1 is 0.517 bits per heavy atom. The van der Waals surface area contributed by atoms with Gasteiger partial charge in [-0.3, -0.25) is 4.18 Å². The summed E-state index contributed by atoms with van der Waals surface area (Å²) in [7, 11) is -4.50. The second-order valence-electron chi connectivity index (χ2n) is 8.30. The zero-order valence-corrected chi connectivity index (χ0v) is 22.4. The second kappa shape index (κ2) is 25.1. The standard InChI is InChI=1S/C23H48O4S.Na/c1-2-3-4-5-6-7-8-9-10-11-12-13-14-15-16-17-18-19-20-21-22-23-27-28(24,25)26;/h2-23H2,1H3,(H,24,25,26);/q;+1/p-1. The largest absolute Gasteiger partial charge is 1.00 e. The quantitative estimate of drug-likeness (QED) is 0.0997. The van der Waals surface area contributed by atoms with Crippen molar-refractivity contribution in [3.63, 3.8) is 0 Å². The fourth-order valence-electron chi connectivity index (χ4n) is 3.70. The summed E-state index contributed by atoms with van der Waals surface area (Å²) in [6.45, 7) is 2.31. The smallest absolute Gasteiger partial charge is 0.726 e. The average Bonchev–Trinajstić information content (AvgIpc) is 2.65. The van der Waals surface area contributed by atoms with Gasteiger partial charge in [0.2, 0.25) is 10.4 Å². The van der Waals surface area contributed by atoms with E-state index in [2.05, 4.69) is 11.1 Å². The van der Waals surface area contributed by atoms with Crippen LogP contribution < -0.4 is 29.6 Å². The molecule has 0 aliphatic rings. The van der Waals surface area contributed by atoms with Crippen LogP contribution in [0.25, 0.3) is 0 Å². The average molecular weight is 443 g/mol. The summed E-state index contributed by atoms with van der Waals surface area (Å²) in [5.41, 5.74) is 0. The van der Waals surface area contributed by atoms with Crippen LogP contribution in [0.4, 0.5) is 0 Å². The van der Waals surface area contributed by atoms with E-state index in [1.54, 1.807) is 0 Å². The molecule has 29 heavy (non-hydrogen) atoms. The summed E-state index contributed by atoms with van der Waals surface area (Å²) in [5.74, 6) is 0. The topological polar surface area (TPSA) is 66.4 Å². The van der Waals surface area contributed by atoms with Crippen molar-refractivity contribution in [2.45, 2.75) is 142 Å². The molecule has 0 heterocycles. The molecule has 0 fully saturated rings. The van der Waals surface area contributed by atoms with E-state index in [-0.39, 0.29) is 36.2 Å². The Hall–Kier alpha value is 0.870. The first kappa shape index (κ1) is 32.1. The molecule has 0 saturated carbocycles. The molecule has 0 bridgehead atoms. The van der Waals surface area contributed by atoms with Gasteiger partial charge in [-0.15, -0.1) is 0 Å². The molecule has 0 aromatic rings. The number of hydrogen-bond acceptors (Lipinski definition) is 4. The molecule has 0 saturated heterocycles. The maximum atomic E-state index is 10.3. The number of unbranched alkanes of at least 4 members (excludes halogenated alkanes) is 20. The number of hydrogen-bond donors (Lipinski definition) is 0. The molecule has 0 unspecified atom stereocenters. The molecule has 0 N–H and O–H groups in total. The van der Waals surface area contributed by atoms with Gasteiger partial charge in [-0.05, 0) is 6.42 Å².